The lowest BCUT2D eigenvalue weighted by Crippen LogP contribution is -2.30. The number of benzene rings is 2. The largest absolute Gasteiger partial charge is 0.207 e. The summed E-state index contributed by atoms with van der Waals surface area (Å²) in [4.78, 5) is 0. The molecule has 2 aromatic rings. The summed E-state index contributed by atoms with van der Waals surface area (Å²) in [5.74, 6) is 2.22. The predicted molar refractivity (Wildman–Crippen MR) is 126 cm³/mol. The van der Waals surface area contributed by atoms with Crippen LogP contribution in [0.4, 0.5) is 8.78 Å². The number of fused-ring (bicyclic) bond motifs is 1. The minimum absolute atomic E-state index is 0.139. The number of hydrogen-bond acceptors (Lipinski definition) is 0. The number of rotatable bonds is 6. The summed E-state index contributed by atoms with van der Waals surface area (Å²) in [6, 6.07) is 10.7. The van der Waals surface area contributed by atoms with Gasteiger partial charge < -0.3 is 0 Å². The van der Waals surface area contributed by atoms with E-state index >= 15 is 4.39 Å². The molecule has 2 saturated carbocycles. The van der Waals surface area contributed by atoms with Crippen LogP contribution in [0, 0.1) is 29.4 Å². The highest BCUT2D eigenvalue weighted by molar-refractivity contribution is 5.64. The molecule has 164 valence electrons. The summed E-state index contributed by atoms with van der Waals surface area (Å²) < 4.78 is 29.6. The molecule has 4 atom stereocenters. The van der Waals surface area contributed by atoms with Crippen LogP contribution in [0.3, 0.4) is 0 Å². The van der Waals surface area contributed by atoms with Gasteiger partial charge in [-0.05, 0) is 116 Å². The smallest absolute Gasteiger partial charge is 0.127 e. The number of allylic oxidation sites excluding steroid dienone is 3. The van der Waals surface area contributed by atoms with E-state index in [1.807, 2.05) is 24.3 Å². The number of halogens is 2. The first kappa shape index (κ1) is 22.0. The number of aryl methyl sites for hydroxylation is 1. The highest BCUT2D eigenvalue weighted by atomic mass is 19.1. The highest BCUT2D eigenvalue weighted by Gasteiger charge is 2.36. The Morgan fingerprint density at radius 2 is 1.61 bits per heavy atom. The van der Waals surface area contributed by atoms with E-state index in [-0.39, 0.29) is 11.6 Å². The molecule has 2 heteroatoms. The molecular weight excluding hydrogens is 386 g/mol. The first-order chi connectivity index (χ1) is 15.1. The van der Waals surface area contributed by atoms with Crippen LogP contribution in [0.15, 0.2) is 61.2 Å². The van der Waals surface area contributed by atoms with Gasteiger partial charge in [0.25, 0.3) is 0 Å². The Morgan fingerprint density at radius 1 is 0.903 bits per heavy atom. The van der Waals surface area contributed by atoms with Crippen LogP contribution in [0.5, 0.6) is 0 Å². The maximum Gasteiger partial charge on any atom is 0.127 e. The standard InChI is InChI=1S/C29H34F2/c1-3-5-7-21-10-11-24(18-28(21)30)25-14-15-27(29(31)19-25)26-13-12-22-16-20(6-4-2)8-9-23(22)17-26/h3-4,6,10-11,14-15,18-20,22-23,26H,1,5,7-9,12-13,16-17H2,2H3/b6-4+. The molecule has 2 aliphatic rings. The maximum absolute atomic E-state index is 15.1. The van der Waals surface area contributed by atoms with E-state index in [1.165, 1.54) is 31.7 Å². The van der Waals surface area contributed by atoms with Gasteiger partial charge in [0, 0.05) is 0 Å². The predicted octanol–water partition coefficient (Wildman–Crippen LogP) is 8.63. The molecule has 0 bridgehead atoms. The van der Waals surface area contributed by atoms with E-state index in [0.717, 1.165) is 53.7 Å². The third-order valence-corrected chi connectivity index (χ3v) is 7.56. The lowest BCUT2D eigenvalue weighted by molar-refractivity contribution is 0.132. The van der Waals surface area contributed by atoms with Crippen molar-refractivity contribution in [2.75, 3.05) is 0 Å². The van der Waals surface area contributed by atoms with Gasteiger partial charge in [0.15, 0.2) is 0 Å². The van der Waals surface area contributed by atoms with Gasteiger partial charge in [0.05, 0.1) is 0 Å². The van der Waals surface area contributed by atoms with Crippen molar-refractivity contribution in [3.63, 3.8) is 0 Å². The summed E-state index contributed by atoms with van der Waals surface area (Å²) >= 11 is 0. The summed E-state index contributed by atoms with van der Waals surface area (Å²) in [5, 5.41) is 0. The zero-order valence-electron chi connectivity index (χ0n) is 18.6. The number of hydrogen-bond donors (Lipinski definition) is 0. The molecular formula is C29H34F2. The van der Waals surface area contributed by atoms with Crippen LogP contribution in [-0.4, -0.2) is 0 Å². The monoisotopic (exact) mass is 420 g/mol. The topological polar surface area (TPSA) is 0 Å². The zero-order chi connectivity index (χ0) is 21.8. The fraction of sp³-hybridized carbons (Fsp3) is 0.448. The molecule has 2 fully saturated rings. The van der Waals surface area contributed by atoms with E-state index in [4.69, 9.17) is 0 Å². The van der Waals surface area contributed by atoms with E-state index in [9.17, 15) is 4.39 Å². The molecule has 2 aliphatic carbocycles. The lowest BCUT2D eigenvalue weighted by atomic mass is 9.64. The van der Waals surface area contributed by atoms with Gasteiger partial charge in [0.2, 0.25) is 0 Å². The van der Waals surface area contributed by atoms with Crippen molar-refractivity contribution < 1.29 is 8.78 Å². The molecule has 0 saturated heterocycles. The van der Waals surface area contributed by atoms with Crippen molar-refractivity contribution in [3.8, 4) is 11.1 Å². The van der Waals surface area contributed by atoms with Crippen LogP contribution in [0.1, 0.15) is 68.9 Å². The molecule has 0 amide bonds. The molecule has 0 aromatic heterocycles. The second kappa shape index (κ2) is 9.94. The van der Waals surface area contributed by atoms with Gasteiger partial charge in [-0.3, -0.25) is 0 Å². The van der Waals surface area contributed by atoms with Gasteiger partial charge in [0.1, 0.15) is 11.6 Å². The Kier molecular flexibility index (Phi) is 7.05. The summed E-state index contributed by atoms with van der Waals surface area (Å²) in [5.41, 5.74) is 3.01. The molecule has 31 heavy (non-hydrogen) atoms. The van der Waals surface area contributed by atoms with Crippen LogP contribution in [-0.2, 0) is 6.42 Å². The van der Waals surface area contributed by atoms with Gasteiger partial charge >= 0.3 is 0 Å². The minimum Gasteiger partial charge on any atom is -0.207 e. The fourth-order valence-electron chi connectivity index (χ4n) is 5.88. The van der Waals surface area contributed by atoms with Gasteiger partial charge in [-0.2, -0.15) is 0 Å². The third kappa shape index (κ3) is 5.00. The second-order valence-corrected chi connectivity index (χ2v) is 9.50. The Labute approximate surface area is 186 Å². The second-order valence-electron chi connectivity index (χ2n) is 9.50. The average Bonchev–Trinajstić information content (AvgIpc) is 2.78. The van der Waals surface area contributed by atoms with Crippen molar-refractivity contribution >= 4 is 0 Å². The van der Waals surface area contributed by atoms with Crippen molar-refractivity contribution in [1.29, 1.82) is 0 Å². The Hall–Kier alpha value is -2.22. The van der Waals surface area contributed by atoms with Crippen LogP contribution in [0.25, 0.3) is 11.1 Å². The lowest BCUT2D eigenvalue weighted by Gasteiger charge is -2.42. The summed E-state index contributed by atoms with van der Waals surface area (Å²) in [6.45, 7) is 5.81. The average molecular weight is 421 g/mol. The van der Waals surface area contributed by atoms with E-state index in [2.05, 4.69) is 25.7 Å². The first-order valence-corrected chi connectivity index (χ1v) is 11.9. The molecule has 0 aliphatic heterocycles. The molecule has 2 aromatic carbocycles. The highest BCUT2D eigenvalue weighted by Crippen LogP contribution is 2.48. The molecule has 0 radical (unpaired) electrons. The Balaban J connectivity index is 1.46. The zero-order valence-corrected chi connectivity index (χ0v) is 18.6. The molecule has 0 N–H and O–H groups in total. The molecule has 0 heterocycles. The van der Waals surface area contributed by atoms with Crippen LogP contribution in [0.2, 0.25) is 0 Å². The maximum atomic E-state index is 15.1. The molecule has 0 spiro atoms. The first-order valence-electron chi connectivity index (χ1n) is 11.9. The van der Waals surface area contributed by atoms with Crippen molar-refractivity contribution in [2.45, 2.75) is 64.2 Å². The van der Waals surface area contributed by atoms with Crippen molar-refractivity contribution in [1.82, 2.24) is 0 Å². The van der Waals surface area contributed by atoms with Gasteiger partial charge in [-0.15, -0.1) is 6.58 Å². The van der Waals surface area contributed by atoms with Crippen molar-refractivity contribution in [3.05, 3.63) is 84.0 Å². The quantitative estimate of drug-likeness (QED) is 0.410. The van der Waals surface area contributed by atoms with E-state index < -0.39 is 0 Å². The van der Waals surface area contributed by atoms with Gasteiger partial charge in [-0.1, -0.05) is 42.5 Å². The minimum atomic E-state index is -0.226. The molecule has 0 nitrogen and oxygen atoms in total. The van der Waals surface area contributed by atoms with Crippen molar-refractivity contribution in [2.24, 2.45) is 17.8 Å². The Morgan fingerprint density at radius 3 is 2.32 bits per heavy atom. The van der Waals surface area contributed by atoms with Gasteiger partial charge in [-0.25, -0.2) is 8.78 Å². The molecule has 4 unspecified atom stereocenters. The normalized spacial score (nSPS) is 26.0. The van der Waals surface area contributed by atoms with E-state index in [1.54, 1.807) is 12.1 Å². The SMILES string of the molecule is C=CCCc1ccc(-c2ccc(C3CCC4CC(/C=C/C)CCC4C3)c(F)c2)cc1F. The summed E-state index contributed by atoms with van der Waals surface area (Å²) in [6.07, 6.45) is 15.0. The van der Waals surface area contributed by atoms with E-state index in [0.29, 0.717) is 17.9 Å². The molecule has 4 rings (SSSR count). The van der Waals surface area contributed by atoms with Crippen LogP contribution < -0.4 is 0 Å². The Bertz CT molecular complexity index is 942. The third-order valence-electron chi connectivity index (χ3n) is 7.56. The fourth-order valence-corrected chi connectivity index (χ4v) is 5.88. The van der Waals surface area contributed by atoms with Crippen LogP contribution >= 0.6 is 0 Å². The summed E-state index contributed by atoms with van der Waals surface area (Å²) in [7, 11) is 0.